The van der Waals surface area contributed by atoms with Crippen molar-refractivity contribution in [2.24, 2.45) is 0 Å². The average molecular weight is 115 g/mol. The molecule has 0 aromatic heterocycles. The highest BCUT2D eigenvalue weighted by molar-refractivity contribution is 7.81. The Labute approximate surface area is 51.0 Å². The van der Waals surface area contributed by atoms with E-state index < -0.39 is 0 Å². The van der Waals surface area contributed by atoms with Crippen LogP contribution in [0.5, 0.6) is 0 Å². The van der Waals surface area contributed by atoms with Gasteiger partial charge in [-0.15, -0.1) is 0 Å². The predicted octanol–water partition coefficient (Wildman–Crippen LogP) is 2.09. The van der Waals surface area contributed by atoms with Gasteiger partial charge >= 0.3 is 0 Å². The molecular weight excluding hydrogens is 104 g/mol. The first-order chi connectivity index (χ1) is 3.27. The van der Waals surface area contributed by atoms with Crippen molar-refractivity contribution in [2.45, 2.75) is 18.6 Å². The molecule has 41 valence electrons. The molecule has 0 fully saturated rings. The highest BCUT2D eigenvalue weighted by Gasteiger charge is 1.79. The third-order valence-electron chi connectivity index (χ3n) is 0.581. The summed E-state index contributed by atoms with van der Waals surface area (Å²) in [4.78, 5) is 0. The van der Waals surface area contributed by atoms with E-state index in [4.69, 9.17) is 0 Å². The Balaban J connectivity index is 3.08. The fourth-order valence-electron chi connectivity index (χ4n) is 0.293. The van der Waals surface area contributed by atoms with Gasteiger partial charge in [0.1, 0.15) is 0 Å². The van der Waals surface area contributed by atoms with Gasteiger partial charge in [-0.1, -0.05) is 19.1 Å². The minimum atomic E-state index is 0.377. The number of rotatable bonds is 2. The van der Waals surface area contributed by atoms with E-state index >= 15 is 0 Å². The highest BCUT2D eigenvalue weighted by Crippen LogP contribution is 1.93. The Morgan fingerprint density at radius 1 is 1.86 bits per heavy atom. The Bertz CT molecular complexity index is 55.2. The summed E-state index contributed by atoms with van der Waals surface area (Å²) in [7, 11) is 0. The molecule has 0 saturated heterocycles. The fourth-order valence-corrected chi connectivity index (χ4v) is 0.415. The molecule has 0 amide bonds. The molecule has 0 aliphatic rings. The van der Waals surface area contributed by atoms with Crippen LogP contribution in [0.25, 0.3) is 0 Å². The number of thiol groups is 1. The molecule has 1 unspecified atom stereocenters. The third-order valence-corrected chi connectivity index (χ3v) is 0.753. The van der Waals surface area contributed by atoms with Gasteiger partial charge in [-0.25, -0.2) is 0 Å². The maximum absolute atomic E-state index is 4.12. The predicted molar refractivity (Wildman–Crippen MR) is 37.6 cm³/mol. The first-order valence-corrected chi connectivity index (χ1v) is 2.93. The van der Waals surface area contributed by atoms with Crippen LogP contribution >= 0.6 is 12.6 Å². The zero-order valence-corrected chi connectivity index (χ0v) is 5.49. The topological polar surface area (TPSA) is 0 Å². The molecule has 7 heavy (non-hydrogen) atoms. The van der Waals surface area contributed by atoms with Gasteiger partial charge in [0.05, 0.1) is 0 Å². The average Bonchev–Trinajstić information content (AvgIpc) is 1.61. The van der Waals surface area contributed by atoms with Crippen LogP contribution in [-0.2, 0) is 0 Å². The summed E-state index contributed by atoms with van der Waals surface area (Å²) in [6, 6.07) is 0. The van der Waals surface area contributed by atoms with E-state index in [2.05, 4.69) is 19.6 Å². The molecule has 1 heteroatoms. The largest absolute Gasteiger partial charge is 0.172 e. The highest BCUT2D eigenvalue weighted by atomic mass is 32.1. The smallest absolute Gasteiger partial charge is 0.0168 e. The summed E-state index contributed by atoms with van der Waals surface area (Å²) in [5.74, 6) is 0. The van der Waals surface area contributed by atoms with Crippen molar-refractivity contribution in [3.8, 4) is 0 Å². The van der Waals surface area contributed by atoms with Crippen LogP contribution in [0, 0.1) is 6.92 Å². The van der Waals surface area contributed by atoms with Crippen LogP contribution in [0.4, 0.5) is 0 Å². The van der Waals surface area contributed by atoms with Crippen molar-refractivity contribution in [2.75, 3.05) is 0 Å². The molecule has 1 radical (unpaired) electrons. The van der Waals surface area contributed by atoms with Crippen LogP contribution in [0.15, 0.2) is 12.2 Å². The summed E-state index contributed by atoms with van der Waals surface area (Å²) >= 11 is 4.12. The first kappa shape index (κ1) is 7.09. The van der Waals surface area contributed by atoms with Crippen molar-refractivity contribution in [1.82, 2.24) is 0 Å². The van der Waals surface area contributed by atoms with Crippen LogP contribution in [0.1, 0.15) is 13.3 Å². The lowest BCUT2D eigenvalue weighted by Crippen LogP contribution is -1.79. The van der Waals surface area contributed by atoms with E-state index in [-0.39, 0.29) is 0 Å². The van der Waals surface area contributed by atoms with Gasteiger partial charge in [-0.3, -0.25) is 0 Å². The summed E-state index contributed by atoms with van der Waals surface area (Å²) in [5, 5.41) is 0.377. The molecule has 0 rings (SSSR count). The van der Waals surface area contributed by atoms with Crippen LogP contribution in [0.3, 0.4) is 0 Å². The molecule has 0 aromatic carbocycles. The molecule has 0 aliphatic heterocycles. The second-order valence-corrected chi connectivity index (χ2v) is 2.27. The lowest BCUT2D eigenvalue weighted by Gasteiger charge is -1.88. The summed E-state index contributed by atoms with van der Waals surface area (Å²) in [6.07, 6.45) is 4.90. The van der Waals surface area contributed by atoms with E-state index in [1.807, 2.05) is 19.1 Å². The van der Waals surface area contributed by atoms with Gasteiger partial charge in [0, 0.05) is 5.25 Å². The number of hydrogen-bond donors (Lipinski definition) is 1. The SMILES string of the molecule is [CH2]CC=CC(C)S. The van der Waals surface area contributed by atoms with Gasteiger partial charge in [0.15, 0.2) is 0 Å². The molecular formula is C6H11S. The van der Waals surface area contributed by atoms with Crippen molar-refractivity contribution < 1.29 is 0 Å². The maximum atomic E-state index is 4.12. The molecule has 0 bridgehead atoms. The second-order valence-electron chi connectivity index (χ2n) is 1.46. The fraction of sp³-hybridized carbons (Fsp3) is 0.500. The Morgan fingerprint density at radius 2 is 2.43 bits per heavy atom. The Kier molecular flexibility index (Phi) is 4.31. The molecule has 0 heterocycles. The first-order valence-electron chi connectivity index (χ1n) is 2.41. The van der Waals surface area contributed by atoms with Gasteiger partial charge in [-0.2, -0.15) is 12.6 Å². The Morgan fingerprint density at radius 3 is 2.57 bits per heavy atom. The summed E-state index contributed by atoms with van der Waals surface area (Å²) in [6.45, 7) is 5.66. The zero-order valence-electron chi connectivity index (χ0n) is 4.59. The van der Waals surface area contributed by atoms with Gasteiger partial charge < -0.3 is 0 Å². The molecule has 0 spiro atoms. The molecule has 0 aromatic rings. The molecule has 0 N–H and O–H groups in total. The molecule has 0 nitrogen and oxygen atoms in total. The van der Waals surface area contributed by atoms with Crippen molar-refractivity contribution in [3.05, 3.63) is 19.1 Å². The van der Waals surface area contributed by atoms with Crippen LogP contribution in [0.2, 0.25) is 0 Å². The van der Waals surface area contributed by atoms with E-state index in [0.29, 0.717) is 5.25 Å². The van der Waals surface area contributed by atoms with Crippen molar-refractivity contribution in [3.63, 3.8) is 0 Å². The zero-order chi connectivity index (χ0) is 5.70. The second kappa shape index (κ2) is 4.25. The normalized spacial score (nSPS) is 15.3. The van der Waals surface area contributed by atoms with Crippen molar-refractivity contribution in [1.29, 1.82) is 0 Å². The lowest BCUT2D eigenvalue weighted by molar-refractivity contribution is 1.23. The summed E-state index contributed by atoms with van der Waals surface area (Å²) < 4.78 is 0. The van der Waals surface area contributed by atoms with Gasteiger partial charge in [-0.05, 0) is 13.3 Å². The molecule has 0 saturated carbocycles. The quantitative estimate of drug-likeness (QED) is 0.413. The minimum Gasteiger partial charge on any atom is -0.172 e. The third kappa shape index (κ3) is 6.09. The standard InChI is InChI=1S/C6H11S/c1-3-4-5-6(2)7/h4-7H,1,3H2,2H3. The lowest BCUT2D eigenvalue weighted by atomic mass is 10.3. The number of hydrogen-bond acceptors (Lipinski definition) is 1. The van der Waals surface area contributed by atoms with Crippen LogP contribution < -0.4 is 0 Å². The van der Waals surface area contributed by atoms with Gasteiger partial charge in [0.25, 0.3) is 0 Å². The molecule has 1 atom stereocenters. The van der Waals surface area contributed by atoms with Crippen molar-refractivity contribution >= 4 is 12.6 Å². The summed E-state index contributed by atoms with van der Waals surface area (Å²) in [5.41, 5.74) is 0. The van der Waals surface area contributed by atoms with E-state index in [1.165, 1.54) is 0 Å². The monoisotopic (exact) mass is 115 g/mol. The molecule has 0 aliphatic carbocycles. The minimum absolute atomic E-state index is 0.377. The van der Waals surface area contributed by atoms with Gasteiger partial charge in [0.2, 0.25) is 0 Å². The maximum Gasteiger partial charge on any atom is 0.0168 e. The Hall–Kier alpha value is 0.0900. The number of allylic oxidation sites excluding steroid dienone is 1. The van der Waals surface area contributed by atoms with E-state index in [0.717, 1.165) is 6.42 Å². The van der Waals surface area contributed by atoms with E-state index in [1.54, 1.807) is 0 Å². The van der Waals surface area contributed by atoms with E-state index in [9.17, 15) is 0 Å². The van der Waals surface area contributed by atoms with Crippen LogP contribution in [-0.4, -0.2) is 5.25 Å².